The molecule has 3 heterocycles. The van der Waals surface area contributed by atoms with Gasteiger partial charge in [-0.15, -0.1) is 0 Å². The molecule has 3 aliphatic rings. The molecule has 3 saturated heterocycles. The van der Waals surface area contributed by atoms with Gasteiger partial charge in [-0.3, -0.25) is 9.59 Å². The van der Waals surface area contributed by atoms with Crippen molar-refractivity contribution in [2.24, 2.45) is 5.92 Å². The van der Waals surface area contributed by atoms with E-state index in [1.165, 1.54) is 18.2 Å². The third kappa shape index (κ3) is 6.87. The number of nitrogens with zero attached hydrogens (tertiary/aromatic N) is 2. The fraction of sp³-hybridized carbons (Fsp3) is 0.333. The maximum Gasteiger partial charge on any atom is 0.261 e. The van der Waals surface area contributed by atoms with Crippen molar-refractivity contribution < 1.29 is 46.1 Å². The third-order valence-electron chi connectivity index (χ3n) is 10.5. The van der Waals surface area contributed by atoms with E-state index in [9.17, 15) is 36.6 Å². The standard InChI is InChI=1S/C39H37F5N4O5/c1-22-28(19-47-16-14-39(15-17-47)38(51)45-21-48(39)27-8-3-2-4-9-27)52-37(53-35(22)24-12-10-23(20-49)11-13-24)25-6-5-7-26(18-25)46-36(50)29-30(40)32(42)34(44)33(43)31(29)41/h2-13,18,22,28,35,37,49H,14-17,19-21H2,1H3,(H,45,51)(H,46,50)/t22-,28+,35+,37+/m1/s1. The van der Waals surface area contributed by atoms with E-state index in [2.05, 4.69) is 20.4 Å². The molecule has 7 rings (SSSR count). The van der Waals surface area contributed by atoms with Gasteiger partial charge in [-0.1, -0.05) is 61.5 Å². The first kappa shape index (κ1) is 36.5. The normalized spacial score (nSPS) is 22.9. The number of rotatable bonds is 8. The van der Waals surface area contributed by atoms with Gasteiger partial charge in [0, 0.05) is 42.5 Å². The lowest BCUT2D eigenvalue weighted by molar-refractivity contribution is -0.276. The van der Waals surface area contributed by atoms with Crippen LogP contribution in [0.4, 0.5) is 33.3 Å². The quantitative estimate of drug-likeness (QED) is 0.110. The van der Waals surface area contributed by atoms with Crippen molar-refractivity contribution >= 4 is 23.2 Å². The SMILES string of the molecule is C[C@@H]1[C@H](CN2CCC3(CC2)C(=O)NCN3c2ccccc2)O[C@H](c2cccc(NC(=O)c3c(F)c(F)c(F)c(F)c3F)c2)O[C@@H]1c1ccc(CO)cc1. The number of hydrogen-bond donors (Lipinski definition) is 3. The fourth-order valence-electron chi connectivity index (χ4n) is 7.48. The van der Waals surface area contributed by atoms with Crippen LogP contribution in [-0.2, 0) is 20.9 Å². The van der Waals surface area contributed by atoms with E-state index in [0.717, 1.165) is 16.8 Å². The Labute approximate surface area is 302 Å². The topological polar surface area (TPSA) is 103 Å². The molecule has 4 aromatic rings. The van der Waals surface area contributed by atoms with Crippen LogP contribution in [0.15, 0.2) is 78.9 Å². The number of amides is 2. The molecule has 0 aliphatic carbocycles. The molecule has 4 atom stereocenters. The lowest BCUT2D eigenvalue weighted by Crippen LogP contribution is -2.57. The van der Waals surface area contributed by atoms with Crippen LogP contribution in [0.2, 0.25) is 0 Å². The Hall–Kier alpha value is -4.89. The molecule has 0 bridgehead atoms. The number of nitrogens with one attached hydrogen (secondary N) is 2. The van der Waals surface area contributed by atoms with Crippen molar-refractivity contribution in [2.75, 3.05) is 36.5 Å². The lowest BCUT2D eigenvalue weighted by Gasteiger charge is -2.46. The van der Waals surface area contributed by atoms with E-state index in [-0.39, 0.29) is 30.2 Å². The Morgan fingerprint density at radius 3 is 2.19 bits per heavy atom. The zero-order chi connectivity index (χ0) is 37.4. The lowest BCUT2D eigenvalue weighted by atomic mass is 9.84. The average molecular weight is 737 g/mol. The average Bonchev–Trinajstić information content (AvgIpc) is 3.49. The van der Waals surface area contributed by atoms with Crippen molar-refractivity contribution in [2.45, 2.75) is 50.4 Å². The van der Waals surface area contributed by atoms with Gasteiger partial charge in [-0.25, -0.2) is 22.0 Å². The summed E-state index contributed by atoms with van der Waals surface area (Å²) in [5, 5.41) is 14.8. The summed E-state index contributed by atoms with van der Waals surface area (Å²) in [4.78, 5) is 30.5. The molecule has 3 aliphatic heterocycles. The van der Waals surface area contributed by atoms with Gasteiger partial charge in [0.15, 0.2) is 29.6 Å². The van der Waals surface area contributed by atoms with Crippen LogP contribution in [-0.4, -0.2) is 59.8 Å². The molecule has 3 fully saturated rings. The molecule has 3 N–H and O–H groups in total. The summed E-state index contributed by atoms with van der Waals surface area (Å²) in [6.45, 7) is 4.08. The first-order chi connectivity index (χ1) is 25.5. The summed E-state index contributed by atoms with van der Waals surface area (Å²) in [6, 6.07) is 23.2. The Kier molecular flexibility index (Phi) is 10.2. The molecule has 0 aromatic heterocycles. The summed E-state index contributed by atoms with van der Waals surface area (Å²) in [5.74, 6) is -13.0. The van der Waals surface area contributed by atoms with Gasteiger partial charge in [0.05, 0.1) is 25.5 Å². The number of aliphatic hydroxyl groups excluding tert-OH is 1. The molecule has 53 heavy (non-hydrogen) atoms. The number of anilines is 2. The molecule has 278 valence electrons. The first-order valence-corrected chi connectivity index (χ1v) is 17.3. The summed E-state index contributed by atoms with van der Waals surface area (Å²) >= 11 is 0. The highest BCUT2D eigenvalue weighted by Gasteiger charge is 2.51. The number of carbonyl (C=O) groups is 2. The van der Waals surface area contributed by atoms with E-state index in [1.807, 2.05) is 49.4 Å². The minimum absolute atomic E-state index is 0.00167. The van der Waals surface area contributed by atoms with Gasteiger partial charge in [-0.2, -0.15) is 0 Å². The van der Waals surface area contributed by atoms with Gasteiger partial charge in [0.1, 0.15) is 11.1 Å². The number of hydrogen-bond acceptors (Lipinski definition) is 7. The predicted octanol–water partition coefficient (Wildman–Crippen LogP) is 6.35. The molecule has 9 nitrogen and oxygen atoms in total. The number of carbonyl (C=O) groups excluding carboxylic acids is 2. The van der Waals surface area contributed by atoms with Gasteiger partial charge in [-0.05, 0) is 48.2 Å². The second-order valence-electron chi connectivity index (χ2n) is 13.6. The molecular weight excluding hydrogens is 699 g/mol. The van der Waals surface area contributed by atoms with Gasteiger partial charge in [0.2, 0.25) is 11.7 Å². The second-order valence-corrected chi connectivity index (χ2v) is 13.6. The van der Waals surface area contributed by atoms with Gasteiger partial charge < -0.3 is 35.0 Å². The number of likely N-dealkylation sites (tertiary alicyclic amines) is 1. The Balaban J connectivity index is 1.12. The predicted molar refractivity (Wildman–Crippen MR) is 184 cm³/mol. The molecule has 1 spiro atoms. The monoisotopic (exact) mass is 736 g/mol. The largest absolute Gasteiger partial charge is 0.392 e. The van der Waals surface area contributed by atoms with Crippen LogP contribution in [0, 0.1) is 35.0 Å². The summed E-state index contributed by atoms with van der Waals surface area (Å²) in [5.41, 5.74) is 0.687. The second kappa shape index (κ2) is 14.9. The number of para-hydroxylation sites is 1. The number of piperidine rings is 1. The highest BCUT2D eigenvalue weighted by Crippen LogP contribution is 2.43. The van der Waals surface area contributed by atoms with E-state index >= 15 is 0 Å². The van der Waals surface area contributed by atoms with Crippen LogP contribution < -0.4 is 15.5 Å². The maximum absolute atomic E-state index is 14.4. The molecule has 14 heteroatoms. The zero-order valence-electron chi connectivity index (χ0n) is 28.6. The Morgan fingerprint density at radius 2 is 1.53 bits per heavy atom. The summed E-state index contributed by atoms with van der Waals surface area (Å²) in [6.07, 6.45) is -0.657. The molecule has 0 radical (unpaired) electrons. The van der Waals surface area contributed by atoms with Crippen LogP contribution in [0.1, 0.15) is 59.2 Å². The van der Waals surface area contributed by atoms with E-state index in [4.69, 9.17) is 9.47 Å². The van der Waals surface area contributed by atoms with Crippen LogP contribution in [0.3, 0.4) is 0 Å². The number of aliphatic hydroxyl groups is 1. The molecular formula is C39H37F5N4O5. The van der Waals surface area contributed by atoms with Crippen LogP contribution in [0.5, 0.6) is 0 Å². The first-order valence-electron chi connectivity index (χ1n) is 17.3. The Bertz CT molecular complexity index is 1970. The molecule has 0 saturated carbocycles. The van der Waals surface area contributed by atoms with Crippen molar-refractivity contribution in [3.05, 3.63) is 130 Å². The summed E-state index contributed by atoms with van der Waals surface area (Å²) < 4.78 is 83.1. The zero-order valence-corrected chi connectivity index (χ0v) is 28.6. The van der Waals surface area contributed by atoms with Crippen molar-refractivity contribution in [1.82, 2.24) is 10.2 Å². The molecule has 0 unspecified atom stereocenters. The van der Waals surface area contributed by atoms with Gasteiger partial charge >= 0.3 is 0 Å². The number of benzene rings is 4. The highest BCUT2D eigenvalue weighted by atomic mass is 19.2. The van der Waals surface area contributed by atoms with Gasteiger partial charge in [0.25, 0.3) is 5.91 Å². The smallest absolute Gasteiger partial charge is 0.261 e. The number of halogens is 5. The minimum Gasteiger partial charge on any atom is -0.392 e. The Morgan fingerprint density at radius 1 is 0.868 bits per heavy atom. The maximum atomic E-state index is 14.4. The van der Waals surface area contributed by atoms with Crippen LogP contribution >= 0.6 is 0 Å². The summed E-state index contributed by atoms with van der Waals surface area (Å²) in [7, 11) is 0. The minimum atomic E-state index is -2.36. The van der Waals surface area contributed by atoms with Crippen LogP contribution in [0.25, 0.3) is 0 Å². The third-order valence-corrected chi connectivity index (χ3v) is 10.5. The highest BCUT2D eigenvalue weighted by molar-refractivity contribution is 6.04. The molecule has 4 aromatic carbocycles. The van der Waals surface area contributed by atoms with Crippen molar-refractivity contribution in [3.63, 3.8) is 0 Å². The van der Waals surface area contributed by atoms with E-state index in [1.54, 1.807) is 18.2 Å². The molecule has 2 amide bonds. The van der Waals surface area contributed by atoms with Crippen molar-refractivity contribution in [1.29, 1.82) is 0 Å². The van der Waals surface area contributed by atoms with Crippen molar-refractivity contribution in [3.8, 4) is 0 Å². The fourth-order valence-corrected chi connectivity index (χ4v) is 7.48. The number of ether oxygens (including phenoxy) is 2. The van der Waals surface area contributed by atoms with E-state index < -0.39 is 58.5 Å². The van der Waals surface area contributed by atoms with E-state index in [0.29, 0.717) is 44.7 Å².